The molecule has 0 unspecified atom stereocenters. The minimum absolute atomic E-state index is 0. The molecule has 7 heteroatoms. The zero-order chi connectivity index (χ0) is 19.4. The van der Waals surface area contributed by atoms with Gasteiger partial charge in [-0.2, -0.15) is 4.73 Å². The van der Waals surface area contributed by atoms with E-state index < -0.39 is 6.10 Å². The molecule has 0 radical (unpaired) electrons. The summed E-state index contributed by atoms with van der Waals surface area (Å²) >= 11 is 0. The number of aliphatic hydroxyl groups excluding tert-OH is 1. The van der Waals surface area contributed by atoms with Crippen LogP contribution in [-0.2, 0) is 6.42 Å². The molecule has 2 aromatic carbocycles. The summed E-state index contributed by atoms with van der Waals surface area (Å²) in [4.78, 5) is 0. The van der Waals surface area contributed by atoms with Gasteiger partial charge < -0.3 is 25.5 Å². The van der Waals surface area contributed by atoms with E-state index in [1.54, 1.807) is 25.3 Å². The zero-order valence-corrected chi connectivity index (χ0v) is 16.6. The maximum Gasteiger partial charge on any atom is 0.266 e. The Kier molecular flexibility index (Phi) is 7.45. The summed E-state index contributed by atoms with van der Waals surface area (Å²) in [6.45, 7) is 2.39. The third-order valence-electron chi connectivity index (χ3n) is 4.65. The highest BCUT2D eigenvalue weighted by atomic mass is 35.5. The fourth-order valence-corrected chi connectivity index (χ4v) is 3.21. The number of hydrogen-bond acceptors (Lipinski definition) is 5. The number of aliphatic hydroxyl groups is 1. The van der Waals surface area contributed by atoms with Gasteiger partial charge in [0.05, 0.1) is 18.6 Å². The number of aromatic nitrogens is 1. The van der Waals surface area contributed by atoms with E-state index in [4.69, 9.17) is 4.74 Å². The molecule has 3 aromatic rings. The van der Waals surface area contributed by atoms with E-state index in [1.165, 1.54) is 17.8 Å². The molecule has 1 heterocycles. The number of nitrogens with zero attached hydrogens (tertiary/aromatic N) is 1. The number of fused-ring (bicyclic) bond motifs is 1. The van der Waals surface area contributed by atoms with Crippen LogP contribution in [0.2, 0.25) is 0 Å². The molecule has 150 valence electrons. The first-order chi connectivity index (χ1) is 13.0. The van der Waals surface area contributed by atoms with Gasteiger partial charge in [-0.25, -0.2) is 0 Å². The molecule has 0 bridgehead atoms. The molecular weight excluding hydrogens is 380 g/mol. The lowest BCUT2D eigenvalue weighted by molar-refractivity contribution is -0.577. The van der Waals surface area contributed by atoms with Crippen LogP contribution in [-0.4, -0.2) is 29.9 Å². The highest BCUT2D eigenvalue weighted by molar-refractivity contribution is 5.85. The molecule has 2 atom stereocenters. The number of ether oxygens (including phenoxy) is 1. The van der Waals surface area contributed by atoms with Crippen LogP contribution in [0.25, 0.3) is 10.9 Å². The zero-order valence-electron chi connectivity index (χ0n) is 15.8. The monoisotopic (exact) mass is 404 g/mol. The smallest absolute Gasteiger partial charge is 0.266 e. The van der Waals surface area contributed by atoms with Gasteiger partial charge in [-0.3, -0.25) is 0 Å². The van der Waals surface area contributed by atoms with Gasteiger partial charge in [0.15, 0.2) is 11.9 Å². The molecule has 0 saturated carbocycles. The average molecular weight is 405 g/mol. The van der Waals surface area contributed by atoms with Gasteiger partial charge in [-0.05, 0) is 48.7 Å². The van der Waals surface area contributed by atoms with E-state index in [0.29, 0.717) is 22.2 Å². The number of halogens is 1. The van der Waals surface area contributed by atoms with Gasteiger partial charge >= 0.3 is 0 Å². The summed E-state index contributed by atoms with van der Waals surface area (Å²) < 4.78 is 5.78. The van der Waals surface area contributed by atoms with E-state index in [9.17, 15) is 15.4 Å². The average Bonchev–Trinajstić information content (AvgIpc) is 2.67. The predicted octanol–water partition coefficient (Wildman–Crippen LogP) is 2.86. The number of phenolic OH excluding ortho intramolecular Hbond substituents is 1. The normalized spacial score (nSPS) is 13.0. The Morgan fingerprint density at radius 3 is 2.54 bits per heavy atom. The minimum Gasteiger partial charge on any atom is -0.618 e. The summed E-state index contributed by atoms with van der Waals surface area (Å²) in [5.74, 6) is 0.724. The second-order valence-electron chi connectivity index (χ2n) is 6.65. The second kappa shape index (κ2) is 9.59. The Hall–Kier alpha value is -2.54. The fraction of sp³-hybridized carbons (Fsp3) is 0.286. The van der Waals surface area contributed by atoms with Gasteiger partial charge in [0.1, 0.15) is 5.75 Å². The van der Waals surface area contributed by atoms with Crippen LogP contribution in [0.1, 0.15) is 24.2 Å². The van der Waals surface area contributed by atoms with Crippen LogP contribution in [0, 0.1) is 5.21 Å². The van der Waals surface area contributed by atoms with E-state index in [-0.39, 0.29) is 29.7 Å². The van der Waals surface area contributed by atoms with Crippen molar-refractivity contribution in [3.05, 3.63) is 71.1 Å². The molecule has 3 N–H and O–H groups in total. The Bertz CT molecular complexity index is 910. The van der Waals surface area contributed by atoms with Gasteiger partial charge in [0.2, 0.25) is 0 Å². The lowest BCUT2D eigenvalue weighted by Crippen LogP contribution is -2.32. The van der Waals surface area contributed by atoms with E-state index >= 15 is 0 Å². The number of nitrogens with one attached hydrogen (secondary N) is 1. The molecule has 0 amide bonds. The van der Waals surface area contributed by atoms with Crippen LogP contribution >= 0.6 is 12.4 Å². The molecule has 0 saturated heterocycles. The molecule has 3 rings (SSSR count). The molecule has 0 aliphatic carbocycles. The first-order valence-corrected chi connectivity index (χ1v) is 8.87. The molecule has 0 spiro atoms. The number of aromatic hydroxyl groups is 1. The molecule has 0 aliphatic rings. The quantitative estimate of drug-likeness (QED) is 0.416. The number of methoxy groups -OCH3 is 1. The summed E-state index contributed by atoms with van der Waals surface area (Å²) in [7, 11) is 1.64. The first-order valence-electron chi connectivity index (χ1n) is 8.87. The number of benzene rings is 2. The molecule has 0 fully saturated rings. The number of phenols is 1. The summed E-state index contributed by atoms with van der Waals surface area (Å²) in [6.07, 6.45) is 1.34. The maximum atomic E-state index is 11.9. The van der Waals surface area contributed by atoms with Crippen molar-refractivity contribution in [3.63, 3.8) is 0 Å². The van der Waals surface area contributed by atoms with Crippen molar-refractivity contribution in [1.82, 2.24) is 5.32 Å². The van der Waals surface area contributed by atoms with Crippen molar-refractivity contribution in [1.29, 1.82) is 0 Å². The number of hydrogen-bond donors (Lipinski definition) is 3. The third kappa shape index (κ3) is 4.84. The van der Waals surface area contributed by atoms with Crippen LogP contribution in [0.5, 0.6) is 11.5 Å². The Morgan fingerprint density at radius 1 is 1.14 bits per heavy atom. The van der Waals surface area contributed by atoms with Crippen LogP contribution in [0.3, 0.4) is 0 Å². The Morgan fingerprint density at radius 2 is 1.86 bits per heavy atom. The first kappa shape index (κ1) is 21.8. The van der Waals surface area contributed by atoms with Crippen LogP contribution < -0.4 is 14.8 Å². The van der Waals surface area contributed by atoms with E-state index in [0.717, 1.165) is 12.2 Å². The van der Waals surface area contributed by atoms with Crippen LogP contribution in [0.4, 0.5) is 0 Å². The summed E-state index contributed by atoms with van der Waals surface area (Å²) in [5.41, 5.74) is 1.95. The van der Waals surface area contributed by atoms with Gasteiger partial charge in [-0.1, -0.05) is 18.2 Å². The summed E-state index contributed by atoms with van der Waals surface area (Å²) in [6, 6.07) is 14.5. The molecule has 6 nitrogen and oxygen atoms in total. The van der Waals surface area contributed by atoms with Crippen molar-refractivity contribution in [2.45, 2.75) is 25.5 Å². The third-order valence-corrected chi connectivity index (χ3v) is 4.65. The van der Waals surface area contributed by atoms with E-state index in [1.807, 2.05) is 24.3 Å². The van der Waals surface area contributed by atoms with Gasteiger partial charge in [-0.15, -0.1) is 12.4 Å². The van der Waals surface area contributed by atoms with Crippen molar-refractivity contribution in [3.8, 4) is 11.5 Å². The Balaban J connectivity index is 0.00000280. The highest BCUT2D eigenvalue weighted by Crippen LogP contribution is 2.28. The topological polar surface area (TPSA) is 88.7 Å². The number of rotatable bonds is 7. The lowest BCUT2D eigenvalue weighted by Gasteiger charge is -2.19. The highest BCUT2D eigenvalue weighted by Gasteiger charge is 2.18. The SMILES string of the molecule is COc1ccc(C[C@@H](C)NC[C@H](O)c2ccc(O)c3c2ccc[n+]3[O-])cc1.Cl. The van der Waals surface area contributed by atoms with Crippen molar-refractivity contribution >= 4 is 23.3 Å². The fourth-order valence-electron chi connectivity index (χ4n) is 3.21. The molecule has 28 heavy (non-hydrogen) atoms. The predicted molar refractivity (Wildman–Crippen MR) is 111 cm³/mol. The van der Waals surface area contributed by atoms with Crippen LogP contribution in [0.15, 0.2) is 54.7 Å². The largest absolute Gasteiger partial charge is 0.618 e. The van der Waals surface area contributed by atoms with Crippen molar-refractivity contribution in [2.24, 2.45) is 0 Å². The molecule has 1 aromatic heterocycles. The Labute approximate surface area is 170 Å². The van der Waals surface area contributed by atoms with Crippen molar-refractivity contribution < 1.29 is 19.7 Å². The molecule has 0 aliphatic heterocycles. The number of pyridine rings is 1. The second-order valence-corrected chi connectivity index (χ2v) is 6.65. The van der Waals surface area contributed by atoms with E-state index in [2.05, 4.69) is 12.2 Å². The standard InChI is InChI=1S/C21H24N2O4.ClH/c1-14(12-15-5-7-16(27-2)8-6-15)22-13-20(25)17-9-10-19(24)21-18(17)4-3-11-23(21)26;/h3-11,14,20,22,24-25H,12-13H2,1-2H3;1H/t14-,20+;/m1./s1. The summed E-state index contributed by atoms with van der Waals surface area (Å²) in [5, 5.41) is 36.4. The van der Waals surface area contributed by atoms with Gasteiger partial charge in [0.25, 0.3) is 5.52 Å². The maximum absolute atomic E-state index is 11.9. The van der Waals surface area contributed by atoms with Gasteiger partial charge in [0, 0.05) is 18.7 Å². The molecular formula is C21H25ClN2O4. The minimum atomic E-state index is -0.797. The lowest BCUT2D eigenvalue weighted by atomic mass is 10.0. The van der Waals surface area contributed by atoms with Crippen molar-refractivity contribution in [2.75, 3.05) is 13.7 Å².